The fourth-order valence-corrected chi connectivity index (χ4v) is 4.77. The van der Waals surface area contributed by atoms with Crippen molar-refractivity contribution in [3.8, 4) is 0 Å². The molecule has 0 amide bonds. The van der Waals surface area contributed by atoms with E-state index in [2.05, 4.69) is 16.2 Å². The highest BCUT2D eigenvalue weighted by atomic mass is 32.2. The average molecular weight is 452 g/mol. The summed E-state index contributed by atoms with van der Waals surface area (Å²) in [5, 5.41) is 14.4. The van der Waals surface area contributed by atoms with Crippen LogP contribution in [0.2, 0.25) is 0 Å². The van der Waals surface area contributed by atoms with Crippen molar-refractivity contribution >= 4 is 44.4 Å². The van der Waals surface area contributed by atoms with E-state index in [1.807, 2.05) is 32.0 Å². The number of non-ortho nitro benzene ring substituents is 1. The minimum Gasteiger partial charge on any atom is -0.331 e. The van der Waals surface area contributed by atoms with E-state index in [0.717, 1.165) is 22.9 Å². The van der Waals surface area contributed by atoms with E-state index in [4.69, 9.17) is 12.2 Å². The number of anilines is 2. The molecule has 0 atom stereocenters. The van der Waals surface area contributed by atoms with Gasteiger partial charge in [0.1, 0.15) is 4.90 Å². The number of nitro groups is 1. The molecular formula is C19H25N5O4S2. The monoisotopic (exact) mass is 451 g/mol. The number of thiocarbonyl (C=S) groups is 1. The molecule has 2 aromatic carbocycles. The number of aryl methyl sites for hydroxylation is 2. The molecule has 0 radical (unpaired) electrons. The van der Waals surface area contributed by atoms with Crippen LogP contribution in [-0.4, -0.2) is 35.8 Å². The molecule has 0 saturated carbocycles. The van der Waals surface area contributed by atoms with Gasteiger partial charge in [-0.05, 0) is 55.4 Å². The molecule has 30 heavy (non-hydrogen) atoms. The Hall–Kier alpha value is -2.76. The highest BCUT2D eigenvalue weighted by Gasteiger charge is 2.27. The van der Waals surface area contributed by atoms with Crippen LogP contribution < -0.4 is 16.2 Å². The number of nitrogens with zero attached hydrogens (tertiary/aromatic N) is 2. The largest absolute Gasteiger partial charge is 0.331 e. The molecule has 0 unspecified atom stereocenters. The van der Waals surface area contributed by atoms with Crippen molar-refractivity contribution in [3.05, 3.63) is 57.6 Å². The number of nitro benzene ring substituents is 1. The van der Waals surface area contributed by atoms with Gasteiger partial charge in [0.25, 0.3) is 5.69 Å². The Morgan fingerprint density at radius 2 is 1.70 bits per heavy atom. The van der Waals surface area contributed by atoms with Crippen LogP contribution in [-0.2, 0) is 10.0 Å². The summed E-state index contributed by atoms with van der Waals surface area (Å²) in [6, 6.07) is 9.47. The number of hydrogen-bond donors (Lipinski definition) is 3. The quantitative estimate of drug-likeness (QED) is 0.317. The second-order valence-electron chi connectivity index (χ2n) is 6.61. The topological polar surface area (TPSA) is 117 Å². The van der Waals surface area contributed by atoms with Gasteiger partial charge in [0, 0.05) is 30.9 Å². The van der Waals surface area contributed by atoms with Gasteiger partial charge in [0.05, 0.1) is 10.6 Å². The van der Waals surface area contributed by atoms with Gasteiger partial charge in [-0.2, -0.15) is 4.31 Å². The van der Waals surface area contributed by atoms with Crippen molar-refractivity contribution in [2.24, 2.45) is 0 Å². The lowest BCUT2D eigenvalue weighted by atomic mass is 10.1. The van der Waals surface area contributed by atoms with Crippen LogP contribution in [0.1, 0.15) is 25.0 Å². The van der Waals surface area contributed by atoms with Crippen molar-refractivity contribution in [3.63, 3.8) is 0 Å². The van der Waals surface area contributed by atoms with Gasteiger partial charge in [-0.25, -0.2) is 8.42 Å². The van der Waals surface area contributed by atoms with Crippen LogP contribution in [0, 0.1) is 24.0 Å². The van der Waals surface area contributed by atoms with E-state index in [1.54, 1.807) is 13.8 Å². The first-order valence-corrected chi connectivity index (χ1v) is 11.1. The van der Waals surface area contributed by atoms with Crippen molar-refractivity contribution in [1.82, 2.24) is 9.73 Å². The number of benzene rings is 2. The zero-order valence-corrected chi connectivity index (χ0v) is 18.9. The maximum absolute atomic E-state index is 13.0. The Morgan fingerprint density at radius 3 is 2.23 bits per heavy atom. The first-order chi connectivity index (χ1) is 14.1. The zero-order valence-electron chi connectivity index (χ0n) is 17.2. The maximum Gasteiger partial charge on any atom is 0.270 e. The molecule has 0 aliphatic heterocycles. The van der Waals surface area contributed by atoms with Crippen LogP contribution in [0.3, 0.4) is 0 Å². The predicted octanol–water partition coefficient (Wildman–Crippen LogP) is 3.56. The number of hydrogen-bond acceptors (Lipinski definition) is 6. The van der Waals surface area contributed by atoms with Gasteiger partial charge < -0.3 is 5.32 Å². The van der Waals surface area contributed by atoms with E-state index in [9.17, 15) is 18.5 Å². The Morgan fingerprint density at radius 1 is 1.10 bits per heavy atom. The number of rotatable bonds is 8. The van der Waals surface area contributed by atoms with Crippen molar-refractivity contribution in [1.29, 1.82) is 0 Å². The van der Waals surface area contributed by atoms with Crippen LogP contribution in [0.15, 0.2) is 41.3 Å². The molecule has 3 N–H and O–H groups in total. The maximum atomic E-state index is 13.0. The summed E-state index contributed by atoms with van der Waals surface area (Å²) in [6.07, 6.45) is 0. The fraction of sp³-hybridized carbons (Fsp3) is 0.316. The van der Waals surface area contributed by atoms with Gasteiger partial charge in [0.2, 0.25) is 10.0 Å². The molecule has 0 fully saturated rings. The normalized spacial score (nSPS) is 11.2. The Bertz CT molecular complexity index is 1030. The molecule has 11 heteroatoms. The van der Waals surface area contributed by atoms with Gasteiger partial charge >= 0.3 is 0 Å². The highest BCUT2D eigenvalue weighted by Crippen LogP contribution is 2.28. The molecule has 0 spiro atoms. The molecule has 9 nitrogen and oxygen atoms in total. The molecule has 0 saturated heterocycles. The first kappa shape index (κ1) is 23.5. The Labute approximate surface area is 181 Å². The second kappa shape index (κ2) is 9.83. The molecule has 0 heterocycles. The summed E-state index contributed by atoms with van der Waals surface area (Å²) in [7, 11) is -3.94. The molecule has 0 aromatic heterocycles. The predicted molar refractivity (Wildman–Crippen MR) is 122 cm³/mol. The van der Waals surface area contributed by atoms with E-state index in [1.165, 1.54) is 16.4 Å². The SMILES string of the molecule is CCN(CC)S(=O)(=O)c1cc([N+](=O)[O-])ccc1NNC(=S)Nc1cc(C)cc(C)c1. The standard InChI is InChI=1S/C19H25N5O4S2/c1-5-23(6-2)30(27,28)18-12-16(24(25)26)7-8-17(18)21-22-19(29)20-15-10-13(3)9-14(4)11-15/h7-12,21H,5-6H2,1-4H3,(H2,20,22,29). The molecular weight excluding hydrogens is 426 g/mol. The van der Waals surface area contributed by atoms with E-state index >= 15 is 0 Å². The number of nitrogens with one attached hydrogen (secondary N) is 3. The lowest BCUT2D eigenvalue weighted by molar-refractivity contribution is -0.385. The van der Waals surface area contributed by atoms with E-state index in [0.29, 0.717) is 0 Å². The van der Waals surface area contributed by atoms with Crippen LogP contribution in [0.4, 0.5) is 17.1 Å². The molecule has 2 aromatic rings. The van der Waals surface area contributed by atoms with Gasteiger partial charge in [-0.15, -0.1) is 0 Å². The lowest BCUT2D eigenvalue weighted by Crippen LogP contribution is -2.35. The minimum absolute atomic E-state index is 0.150. The molecule has 2 rings (SSSR count). The minimum atomic E-state index is -3.94. The van der Waals surface area contributed by atoms with Gasteiger partial charge in [-0.3, -0.25) is 21.0 Å². The fourth-order valence-electron chi connectivity index (χ4n) is 2.98. The van der Waals surface area contributed by atoms with Crippen molar-refractivity contribution in [2.45, 2.75) is 32.6 Å². The van der Waals surface area contributed by atoms with E-state index in [-0.39, 0.29) is 34.5 Å². The third-order valence-electron chi connectivity index (χ3n) is 4.29. The summed E-state index contributed by atoms with van der Waals surface area (Å²) in [5.74, 6) is 0. The average Bonchev–Trinajstić information content (AvgIpc) is 2.66. The highest BCUT2D eigenvalue weighted by molar-refractivity contribution is 7.89. The van der Waals surface area contributed by atoms with Crippen molar-refractivity contribution in [2.75, 3.05) is 23.8 Å². The zero-order chi connectivity index (χ0) is 22.5. The van der Waals surface area contributed by atoms with Gasteiger partial charge in [0.15, 0.2) is 5.11 Å². The summed E-state index contributed by atoms with van der Waals surface area (Å²) in [6.45, 7) is 7.81. The third kappa shape index (κ3) is 5.65. The van der Waals surface area contributed by atoms with Crippen LogP contribution >= 0.6 is 12.2 Å². The molecule has 162 valence electrons. The molecule has 0 bridgehead atoms. The summed E-state index contributed by atoms with van der Waals surface area (Å²) < 4.78 is 27.2. The third-order valence-corrected chi connectivity index (χ3v) is 6.58. The summed E-state index contributed by atoms with van der Waals surface area (Å²) in [5.41, 5.74) is 8.24. The van der Waals surface area contributed by atoms with Crippen LogP contribution in [0.5, 0.6) is 0 Å². The summed E-state index contributed by atoms with van der Waals surface area (Å²) in [4.78, 5) is 10.3. The Kier molecular flexibility index (Phi) is 7.71. The first-order valence-electron chi connectivity index (χ1n) is 9.28. The second-order valence-corrected chi connectivity index (χ2v) is 8.92. The number of sulfonamides is 1. The van der Waals surface area contributed by atoms with Gasteiger partial charge in [-0.1, -0.05) is 19.9 Å². The summed E-state index contributed by atoms with van der Waals surface area (Å²) >= 11 is 5.27. The van der Waals surface area contributed by atoms with Crippen molar-refractivity contribution < 1.29 is 13.3 Å². The number of hydrazine groups is 1. The molecule has 0 aliphatic rings. The van der Waals surface area contributed by atoms with E-state index < -0.39 is 14.9 Å². The van der Waals surface area contributed by atoms with Crippen LogP contribution in [0.25, 0.3) is 0 Å². The Balaban J connectivity index is 2.28. The lowest BCUT2D eigenvalue weighted by Gasteiger charge is -2.21. The molecule has 0 aliphatic carbocycles. The smallest absolute Gasteiger partial charge is 0.270 e.